The van der Waals surface area contributed by atoms with Crippen LogP contribution in [0.15, 0.2) is 237 Å². The highest BCUT2D eigenvalue weighted by molar-refractivity contribution is 7.25. The summed E-state index contributed by atoms with van der Waals surface area (Å²) < 4.78 is 9.88. The van der Waals surface area contributed by atoms with Gasteiger partial charge in [0.25, 0.3) is 0 Å². The highest BCUT2D eigenvalue weighted by atomic mass is 32.1. The van der Waals surface area contributed by atoms with Gasteiger partial charge in [0.1, 0.15) is 5.75 Å². The number of thiophene rings is 1. The van der Waals surface area contributed by atoms with Gasteiger partial charge in [0.15, 0.2) is 5.75 Å². The van der Waals surface area contributed by atoms with Gasteiger partial charge in [-0.3, -0.25) is 0 Å². The molecule has 2 aliphatic rings. The lowest BCUT2D eigenvalue weighted by Gasteiger charge is -2.30. The van der Waals surface area contributed by atoms with Crippen LogP contribution in [0.25, 0.3) is 107 Å². The lowest BCUT2D eigenvalue weighted by molar-refractivity contribution is 0.489. The van der Waals surface area contributed by atoms with E-state index in [0.29, 0.717) is 0 Å². The van der Waals surface area contributed by atoms with Crippen molar-refractivity contribution < 1.29 is 4.74 Å². The van der Waals surface area contributed by atoms with Crippen molar-refractivity contribution in [1.29, 1.82) is 0 Å². The number of hydrogen-bond acceptors (Lipinski definition) is 3. The summed E-state index contributed by atoms with van der Waals surface area (Å²) in [5, 5.41) is 14.6. The predicted molar refractivity (Wildman–Crippen MR) is 308 cm³/mol. The van der Waals surface area contributed by atoms with Crippen LogP contribution >= 0.6 is 11.3 Å². The number of para-hydroxylation sites is 2. The Kier molecular flexibility index (Phi) is 8.91. The summed E-state index contributed by atoms with van der Waals surface area (Å²) in [6.45, 7) is 4.73. The Labute approximate surface area is 421 Å². The molecule has 1 aliphatic heterocycles. The second-order valence-electron chi connectivity index (χ2n) is 19.9. The van der Waals surface area contributed by atoms with E-state index in [1.807, 2.05) is 11.3 Å². The first-order valence-corrected chi connectivity index (χ1v) is 25.7. The van der Waals surface area contributed by atoms with Crippen molar-refractivity contribution in [1.82, 2.24) is 0 Å². The van der Waals surface area contributed by atoms with E-state index >= 15 is 0 Å². The van der Waals surface area contributed by atoms with Crippen molar-refractivity contribution >= 4 is 102 Å². The Morgan fingerprint density at radius 3 is 1.51 bits per heavy atom. The summed E-state index contributed by atoms with van der Waals surface area (Å²) >= 11 is 1.88. The average Bonchev–Trinajstić information content (AvgIpc) is 3.85. The van der Waals surface area contributed by atoms with Gasteiger partial charge in [0, 0.05) is 48.1 Å². The van der Waals surface area contributed by atoms with Crippen LogP contribution in [0.3, 0.4) is 0 Å². The maximum atomic E-state index is 7.30. The lowest BCUT2D eigenvalue weighted by atomic mass is 9.82. The molecule has 0 saturated heterocycles. The molecule has 0 saturated carbocycles. The SMILES string of the molecule is CC1(C)c2ccccc2-c2ccc(N(c3ccc4c(c3)c3ccccc3c3ccccc3c3ccccc3c3cc5c(cc43)sc3ccccc35)c3cccc4c3Oc3ccccc3-c3ccccc3-4)cc21. The van der Waals surface area contributed by atoms with Gasteiger partial charge in [-0.05, 0) is 142 Å². The van der Waals surface area contributed by atoms with Gasteiger partial charge in [0.2, 0.25) is 0 Å². The molecule has 3 heteroatoms. The maximum absolute atomic E-state index is 7.30. The largest absolute Gasteiger partial charge is 0.454 e. The lowest BCUT2D eigenvalue weighted by Crippen LogP contribution is -2.17. The quantitative estimate of drug-likeness (QED) is 0.175. The smallest absolute Gasteiger partial charge is 0.159 e. The Bertz CT molecular complexity index is 4540. The topological polar surface area (TPSA) is 12.5 Å². The predicted octanol–water partition coefficient (Wildman–Crippen LogP) is 20.2. The molecule has 13 aromatic rings. The Morgan fingerprint density at radius 1 is 0.319 bits per heavy atom. The van der Waals surface area contributed by atoms with Gasteiger partial charge < -0.3 is 9.64 Å². The molecular weight excluding hydrogens is 891 g/mol. The van der Waals surface area contributed by atoms with Gasteiger partial charge in [0.05, 0.1) is 5.69 Å². The van der Waals surface area contributed by atoms with Crippen LogP contribution < -0.4 is 9.64 Å². The second-order valence-corrected chi connectivity index (χ2v) is 21.0. The van der Waals surface area contributed by atoms with E-state index in [-0.39, 0.29) is 5.41 Å². The molecule has 1 aromatic heterocycles. The van der Waals surface area contributed by atoms with Crippen LogP contribution in [0.5, 0.6) is 11.5 Å². The van der Waals surface area contributed by atoms with Crippen LogP contribution in [0, 0.1) is 0 Å². The Morgan fingerprint density at radius 2 is 0.806 bits per heavy atom. The van der Waals surface area contributed by atoms with E-state index in [2.05, 4.69) is 255 Å². The number of fused-ring (bicyclic) bond motifs is 21. The van der Waals surface area contributed by atoms with Gasteiger partial charge in [-0.2, -0.15) is 0 Å². The Balaban J connectivity index is 1.10. The van der Waals surface area contributed by atoms with E-state index in [4.69, 9.17) is 4.74 Å². The monoisotopic (exact) mass is 935 g/mol. The summed E-state index contributed by atoms with van der Waals surface area (Å²) in [5.41, 5.74) is 12.6. The third-order valence-electron chi connectivity index (χ3n) is 15.7. The number of rotatable bonds is 3. The van der Waals surface area contributed by atoms with E-state index in [1.165, 1.54) is 90.9 Å². The summed E-state index contributed by atoms with van der Waals surface area (Å²) in [5.74, 6) is 1.66. The molecule has 0 N–H and O–H groups in total. The summed E-state index contributed by atoms with van der Waals surface area (Å²) in [4.78, 5) is 2.45. The molecular formula is C69H45NOS. The van der Waals surface area contributed by atoms with E-state index in [0.717, 1.165) is 56.2 Å². The molecule has 0 unspecified atom stereocenters. The fourth-order valence-corrected chi connectivity index (χ4v) is 13.5. The van der Waals surface area contributed by atoms with E-state index in [9.17, 15) is 0 Å². The summed E-state index contributed by atoms with van der Waals surface area (Å²) in [6.07, 6.45) is 0. The van der Waals surface area contributed by atoms with Crippen molar-refractivity contribution in [2.75, 3.05) is 4.90 Å². The molecule has 0 amide bonds. The first-order chi connectivity index (χ1) is 35.5. The fraction of sp³-hybridized carbons (Fsp3) is 0.0435. The van der Waals surface area contributed by atoms with E-state index < -0.39 is 0 Å². The van der Waals surface area contributed by atoms with Crippen molar-refractivity contribution in [3.05, 3.63) is 248 Å². The number of hydrogen-bond donors (Lipinski definition) is 0. The van der Waals surface area contributed by atoms with Gasteiger partial charge in [-0.25, -0.2) is 0 Å². The first kappa shape index (κ1) is 41.1. The van der Waals surface area contributed by atoms with Gasteiger partial charge >= 0.3 is 0 Å². The molecule has 0 atom stereocenters. The van der Waals surface area contributed by atoms with Crippen LogP contribution in [0.1, 0.15) is 25.0 Å². The normalized spacial score (nSPS) is 13.1. The zero-order valence-electron chi connectivity index (χ0n) is 39.8. The van der Waals surface area contributed by atoms with Crippen molar-refractivity contribution in [2.45, 2.75) is 19.3 Å². The average molecular weight is 936 g/mol. The second kappa shape index (κ2) is 15.6. The molecule has 2 nitrogen and oxygen atoms in total. The molecule has 1 aliphatic carbocycles. The Hall–Kier alpha value is -8.76. The van der Waals surface area contributed by atoms with Crippen LogP contribution in [-0.2, 0) is 5.41 Å². The van der Waals surface area contributed by atoms with Crippen LogP contribution in [0.2, 0.25) is 0 Å². The standard InChI is InChI=1S/C69H45NOS/c1-69(2)62-30-14-11-26-53(62)54-37-35-43(39-63(54)69)70(64-31-17-29-57-49-23-8-7-22-48(49)55-27-12-15-32-65(55)71-68(57)64)42-34-36-52-58(38-42)50-24-9-5-20-46(50)44-18-3-4-19-45(44)47-21-6-10-25-51(47)59-40-61-56-28-13-16-33-66(56)72-67(61)41-60(52)59/h3-41H,1-2H3. The molecule has 338 valence electrons. The number of anilines is 3. The molecule has 72 heavy (non-hydrogen) atoms. The third-order valence-corrected chi connectivity index (χ3v) is 16.8. The maximum Gasteiger partial charge on any atom is 0.159 e. The molecule has 0 bridgehead atoms. The minimum atomic E-state index is -0.206. The molecule has 0 spiro atoms. The minimum Gasteiger partial charge on any atom is -0.454 e. The number of benzene rings is 11. The summed E-state index contributed by atoms with van der Waals surface area (Å²) in [7, 11) is 0. The minimum absolute atomic E-state index is 0.206. The third kappa shape index (κ3) is 6.01. The first-order valence-electron chi connectivity index (χ1n) is 24.9. The zero-order valence-corrected chi connectivity index (χ0v) is 40.6. The van der Waals surface area contributed by atoms with Crippen molar-refractivity contribution in [3.8, 4) is 44.9 Å². The number of ether oxygens (including phenoxy) is 1. The molecule has 2 heterocycles. The van der Waals surface area contributed by atoms with E-state index in [1.54, 1.807) is 0 Å². The van der Waals surface area contributed by atoms with Crippen molar-refractivity contribution in [3.63, 3.8) is 0 Å². The van der Waals surface area contributed by atoms with Gasteiger partial charge in [-0.15, -0.1) is 11.3 Å². The zero-order chi connectivity index (χ0) is 47.7. The summed E-state index contributed by atoms with van der Waals surface area (Å²) in [6, 6.07) is 87.8. The van der Waals surface area contributed by atoms with Crippen LogP contribution in [0.4, 0.5) is 17.1 Å². The molecule has 12 aromatic carbocycles. The highest BCUT2D eigenvalue weighted by Gasteiger charge is 2.36. The molecule has 15 rings (SSSR count). The van der Waals surface area contributed by atoms with Crippen LogP contribution in [-0.4, -0.2) is 0 Å². The molecule has 0 fully saturated rings. The fourth-order valence-electron chi connectivity index (χ4n) is 12.3. The highest BCUT2D eigenvalue weighted by Crippen LogP contribution is 2.55. The van der Waals surface area contributed by atoms with Gasteiger partial charge in [-0.1, -0.05) is 196 Å². The molecule has 0 radical (unpaired) electrons. The van der Waals surface area contributed by atoms with Crippen molar-refractivity contribution in [2.24, 2.45) is 0 Å². The number of nitrogens with zero attached hydrogens (tertiary/aromatic N) is 1.